The number of nitrogens with one attached hydrogen (secondary N) is 2. The van der Waals surface area contributed by atoms with Gasteiger partial charge in [-0.1, -0.05) is 0 Å². The van der Waals surface area contributed by atoms with Gasteiger partial charge in [-0.2, -0.15) is 0 Å². The van der Waals surface area contributed by atoms with Crippen LogP contribution in [-0.2, 0) is 9.59 Å². The van der Waals surface area contributed by atoms with Crippen molar-refractivity contribution in [2.75, 3.05) is 11.1 Å². The number of carbonyl (C=O) groups excluding carboxylic acids is 3. The summed E-state index contributed by atoms with van der Waals surface area (Å²) in [4.78, 5) is 42.3. The first-order valence-corrected chi connectivity index (χ1v) is 5.85. The molecule has 0 saturated heterocycles. The molecule has 0 aliphatic heterocycles. The molecule has 1 aromatic carbocycles. The highest BCUT2D eigenvalue weighted by Crippen LogP contribution is 2.05. The van der Waals surface area contributed by atoms with Crippen LogP contribution >= 0.6 is 0 Å². The zero-order valence-corrected chi connectivity index (χ0v) is 10.7. The number of imide groups is 1. The maximum Gasteiger partial charge on any atom is 0.316 e. The second-order valence-electron chi connectivity index (χ2n) is 3.93. The van der Waals surface area contributed by atoms with E-state index in [0.717, 1.165) is 0 Å². The predicted molar refractivity (Wildman–Crippen MR) is 74.0 cm³/mol. The van der Waals surface area contributed by atoms with Gasteiger partial charge in [0.15, 0.2) is 0 Å². The molecule has 0 radical (unpaired) electrons. The number of hydrogen-bond acceptors (Lipinski definition) is 6. The van der Waals surface area contributed by atoms with Gasteiger partial charge in [0.25, 0.3) is 5.91 Å². The third kappa shape index (κ3) is 3.83. The van der Waals surface area contributed by atoms with Crippen LogP contribution in [0.25, 0.3) is 0 Å². The Morgan fingerprint density at radius 3 is 2.19 bits per heavy atom. The molecule has 0 bridgehead atoms. The number of nitrogens with zero attached hydrogens (tertiary/aromatic N) is 2. The number of nitrogens with two attached hydrogens (primary N) is 1. The number of hydrogen-bond donors (Lipinski definition) is 3. The monoisotopic (exact) mass is 285 g/mol. The molecule has 1 aromatic heterocycles. The van der Waals surface area contributed by atoms with E-state index in [1.165, 1.54) is 36.7 Å². The molecule has 8 nitrogen and oxygen atoms in total. The number of amides is 3. The van der Waals surface area contributed by atoms with Crippen LogP contribution in [-0.4, -0.2) is 27.7 Å². The molecule has 1 heterocycles. The van der Waals surface area contributed by atoms with Crippen molar-refractivity contribution >= 4 is 29.4 Å². The smallest absolute Gasteiger partial charge is 0.316 e. The van der Waals surface area contributed by atoms with Crippen LogP contribution in [0.2, 0.25) is 0 Å². The summed E-state index contributed by atoms with van der Waals surface area (Å²) in [5.41, 5.74) is 6.18. The van der Waals surface area contributed by atoms with Crippen LogP contribution in [0, 0.1) is 0 Å². The SMILES string of the molecule is Nc1ccc(C(=O)NC(=O)C(=O)Nc2ncccn2)cc1. The fraction of sp³-hybridized carbons (Fsp3) is 0. The molecular weight excluding hydrogens is 274 g/mol. The first kappa shape index (κ1) is 14.1. The fourth-order valence-corrected chi connectivity index (χ4v) is 1.39. The lowest BCUT2D eigenvalue weighted by Gasteiger charge is -2.04. The summed E-state index contributed by atoms with van der Waals surface area (Å²) in [5.74, 6) is -2.88. The summed E-state index contributed by atoms with van der Waals surface area (Å²) in [6.07, 6.45) is 2.81. The lowest BCUT2D eigenvalue weighted by atomic mass is 10.2. The zero-order chi connectivity index (χ0) is 15.2. The van der Waals surface area contributed by atoms with E-state index in [4.69, 9.17) is 5.73 Å². The third-order valence-corrected chi connectivity index (χ3v) is 2.40. The molecule has 106 valence electrons. The van der Waals surface area contributed by atoms with Crippen LogP contribution in [0.5, 0.6) is 0 Å². The van der Waals surface area contributed by atoms with Crippen molar-refractivity contribution in [3.63, 3.8) is 0 Å². The Morgan fingerprint density at radius 2 is 1.57 bits per heavy atom. The Balaban J connectivity index is 1.96. The van der Waals surface area contributed by atoms with Crippen molar-refractivity contribution in [2.45, 2.75) is 0 Å². The largest absolute Gasteiger partial charge is 0.399 e. The summed E-state index contributed by atoms with van der Waals surface area (Å²) in [7, 11) is 0. The average Bonchev–Trinajstić information content (AvgIpc) is 2.48. The second-order valence-corrected chi connectivity index (χ2v) is 3.93. The van der Waals surface area contributed by atoms with E-state index in [1.54, 1.807) is 6.07 Å². The van der Waals surface area contributed by atoms with Gasteiger partial charge < -0.3 is 5.73 Å². The van der Waals surface area contributed by atoms with E-state index in [0.29, 0.717) is 5.69 Å². The summed E-state index contributed by atoms with van der Waals surface area (Å²) < 4.78 is 0. The molecule has 3 amide bonds. The molecular formula is C13H11N5O3. The van der Waals surface area contributed by atoms with Crippen molar-refractivity contribution in [3.05, 3.63) is 48.3 Å². The van der Waals surface area contributed by atoms with Gasteiger partial charge >= 0.3 is 11.8 Å². The molecule has 4 N–H and O–H groups in total. The molecule has 0 aliphatic rings. The minimum atomic E-state index is -1.11. The van der Waals surface area contributed by atoms with Gasteiger partial charge in [-0.05, 0) is 30.3 Å². The highest BCUT2D eigenvalue weighted by atomic mass is 16.2. The number of aromatic nitrogens is 2. The van der Waals surface area contributed by atoms with E-state index in [2.05, 4.69) is 15.3 Å². The number of anilines is 2. The highest BCUT2D eigenvalue weighted by Gasteiger charge is 2.18. The lowest BCUT2D eigenvalue weighted by Crippen LogP contribution is -2.39. The van der Waals surface area contributed by atoms with Crippen LogP contribution in [0.1, 0.15) is 10.4 Å². The first-order valence-electron chi connectivity index (χ1n) is 5.85. The zero-order valence-electron chi connectivity index (χ0n) is 10.7. The Bertz CT molecular complexity index is 670. The van der Waals surface area contributed by atoms with Crippen LogP contribution in [0.3, 0.4) is 0 Å². The number of carbonyl (C=O) groups is 3. The molecule has 21 heavy (non-hydrogen) atoms. The van der Waals surface area contributed by atoms with E-state index in [-0.39, 0.29) is 11.5 Å². The summed E-state index contributed by atoms with van der Waals surface area (Å²) >= 11 is 0. The standard InChI is InChI=1S/C13H11N5O3/c14-9-4-2-8(3-5-9)10(19)17-11(20)12(21)18-13-15-6-1-7-16-13/h1-7H,14H2,(H,17,19,20)(H,15,16,18,21). The summed E-state index contributed by atoms with van der Waals surface area (Å²) in [5, 5.41) is 4.11. The van der Waals surface area contributed by atoms with Crippen molar-refractivity contribution < 1.29 is 14.4 Å². The van der Waals surface area contributed by atoms with Crippen molar-refractivity contribution in [1.29, 1.82) is 0 Å². The van der Waals surface area contributed by atoms with Crippen molar-refractivity contribution in [2.24, 2.45) is 0 Å². The molecule has 8 heteroatoms. The van der Waals surface area contributed by atoms with E-state index < -0.39 is 17.7 Å². The Kier molecular flexibility index (Phi) is 4.20. The van der Waals surface area contributed by atoms with Gasteiger partial charge in [0.2, 0.25) is 5.95 Å². The number of rotatable bonds is 2. The molecule has 0 fully saturated rings. The third-order valence-electron chi connectivity index (χ3n) is 2.40. The maximum absolute atomic E-state index is 11.7. The minimum absolute atomic E-state index is 0.0300. The molecule has 0 spiro atoms. The van der Waals surface area contributed by atoms with Gasteiger partial charge in [-0.15, -0.1) is 0 Å². The number of nitrogen functional groups attached to an aromatic ring is 1. The maximum atomic E-state index is 11.7. The van der Waals surface area contributed by atoms with E-state index in [1.807, 2.05) is 5.32 Å². The molecule has 0 atom stereocenters. The molecule has 2 rings (SSSR count). The van der Waals surface area contributed by atoms with Gasteiger partial charge in [-0.3, -0.25) is 25.0 Å². The molecule has 2 aromatic rings. The van der Waals surface area contributed by atoms with Gasteiger partial charge in [0.05, 0.1) is 0 Å². The molecule has 0 unspecified atom stereocenters. The Hall–Kier alpha value is -3.29. The van der Waals surface area contributed by atoms with Crippen LogP contribution in [0.15, 0.2) is 42.7 Å². The van der Waals surface area contributed by atoms with E-state index in [9.17, 15) is 14.4 Å². The second kappa shape index (κ2) is 6.24. The van der Waals surface area contributed by atoms with Gasteiger partial charge in [0, 0.05) is 23.6 Å². The van der Waals surface area contributed by atoms with Gasteiger partial charge in [-0.25, -0.2) is 9.97 Å². The lowest BCUT2D eigenvalue weighted by molar-refractivity contribution is -0.135. The first-order chi connectivity index (χ1) is 10.1. The van der Waals surface area contributed by atoms with E-state index >= 15 is 0 Å². The predicted octanol–water partition coefficient (Wildman–Crippen LogP) is -0.0461. The topological polar surface area (TPSA) is 127 Å². The Labute approximate surface area is 119 Å². The number of benzene rings is 1. The van der Waals surface area contributed by atoms with Crippen LogP contribution < -0.4 is 16.4 Å². The molecule has 0 saturated carbocycles. The normalized spacial score (nSPS) is 9.71. The average molecular weight is 285 g/mol. The Morgan fingerprint density at radius 1 is 0.952 bits per heavy atom. The van der Waals surface area contributed by atoms with Crippen molar-refractivity contribution in [1.82, 2.24) is 15.3 Å². The highest BCUT2D eigenvalue weighted by molar-refractivity contribution is 6.42. The molecule has 0 aliphatic carbocycles. The van der Waals surface area contributed by atoms with Crippen molar-refractivity contribution in [3.8, 4) is 0 Å². The quantitative estimate of drug-likeness (QED) is 0.524. The fourth-order valence-electron chi connectivity index (χ4n) is 1.39. The summed E-state index contributed by atoms with van der Waals surface area (Å²) in [6.45, 7) is 0. The van der Waals surface area contributed by atoms with Gasteiger partial charge in [0.1, 0.15) is 0 Å². The van der Waals surface area contributed by atoms with Crippen LogP contribution in [0.4, 0.5) is 11.6 Å². The minimum Gasteiger partial charge on any atom is -0.399 e. The summed E-state index contributed by atoms with van der Waals surface area (Å²) in [6, 6.07) is 7.46.